The minimum absolute atomic E-state index is 0.263. The van der Waals surface area contributed by atoms with Crippen LogP contribution >= 0.6 is 15.9 Å². The number of fused-ring (bicyclic) bond motifs is 1. The number of hydrogen-bond donors (Lipinski definition) is 1. The monoisotopic (exact) mass is 414 g/mol. The number of ether oxygens (including phenoxy) is 2. The fourth-order valence-electron chi connectivity index (χ4n) is 2.59. The Kier molecular flexibility index (Phi) is 4.57. The van der Waals surface area contributed by atoms with Gasteiger partial charge < -0.3 is 14.8 Å². The van der Waals surface area contributed by atoms with Crippen LogP contribution in [0.4, 0.5) is 5.69 Å². The molecule has 0 saturated heterocycles. The summed E-state index contributed by atoms with van der Waals surface area (Å²) >= 11 is 3.36. The summed E-state index contributed by atoms with van der Waals surface area (Å²) in [5, 5.41) is 7.10. The highest BCUT2D eigenvalue weighted by Gasteiger charge is 2.16. The average Bonchev–Trinajstić information content (AvgIpc) is 2.95. The number of benzene rings is 1. The van der Waals surface area contributed by atoms with E-state index in [2.05, 4.69) is 31.3 Å². The van der Waals surface area contributed by atoms with E-state index < -0.39 is 0 Å². The number of pyridine rings is 1. The third kappa shape index (κ3) is 3.41. The predicted octanol–water partition coefficient (Wildman–Crippen LogP) is 3.44. The van der Waals surface area contributed by atoms with E-state index in [0.717, 1.165) is 10.9 Å². The molecule has 0 unspecified atom stereocenters. The molecule has 0 bridgehead atoms. The van der Waals surface area contributed by atoms with Crippen LogP contribution in [0, 0.1) is 0 Å². The summed E-state index contributed by atoms with van der Waals surface area (Å²) in [6.07, 6.45) is 5.89. The Labute approximate surface area is 158 Å². The van der Waals surface area contributed by atoms with Gasteiger partial charge in [-0.05, 0) is 46.3 Å². The summed E-state index contributed by atoms with van der Waals surface area (Å²) in [7, 11) is 0. The Morgan fingerprint density at radius 2 is 2.04 bits per heavy atom. The standard InChI is InChI=1S/C18H15BrN4O3/c19-13-10-21-23(11-13)17-14(3-1-6-20-17)22-18(24)12-4-5-15-16(9-12)26-8-2-7-25-15/h1,3-6,9-11H,2,7-8H2,(H,22,24). The number of amides is 1. The molecular formula is C18H15BrN4O3. The number of anilines is 1. The van der Waals surface area contributed by atoms with Gasteiger partial charge >= 0.3 is 0 Å². The van der Waals surface area contributed by atoms with Gasteiger partial charge in [-0.25, -0.2) is 9.67 Å². The van der Waals surface area contributed by atoms with E-state index in [-0.39, 0.29) is 5.91 Å². The predicted molar refractivity (Wildman–Crippen MR) is 99.1 cm³/mol. The number of nitrogens with one attached hydrogen (secondary N) is 1. The molecule has 1 aliphatic rings. The van der Waals surface area contributed by atoms with Gasteiger partial charge in [0.25, 0.3) is 5.91 Å². The van der Waals surface area contributed by atoms with E-state index in [1.54, 1.807) is 53.6 Å². The zero-order valence-corrected chi connectivity index (χ0v) is 15.3. The molecule has 3 aromatic rings. The fraction of sp³-hybridized carbons (Fsp3) is 0.167. The van der Waals surface area contributed by atoms with Crippen molar-refractivity contribution in [1.82, 2.24) is 14.8 Å². The molecule has 132 valence electrons. The van der Waals surface area contributed by atoms with Crippen molar-refractivity contribution in [2.75, 3.05) is 18.5 Å². The summed E-state index contributed by atoms with van der Waals surface area (Å²) in [5.74, 6) is 1.50. The molecule has 0 radical (unpaired) electrons. The first-order valence-corrected chi connectivity index (χ1v) is 8.86. The number of hydrogen-bond acceptors (Lipinski definition) is 5. The van der Waals surface area contributed by atoms with Crippen LogP contribution in [0.3, 0.4) is 0 Å². The summed E-state index contributed by atoms with van der Waals surface area (Å²) in [6.45, 7) is 1.18. The molecule has 4 rings (SSSR count). The van der Waals surface area contributed by atoms with Gasteiger partial charge in [0.2, 0.25) is 0 Å². The maximum absolute atomic E-state index is 12.7. The van der Waals surface area contributed by atoms with Gasteiger partial charge in [-0.3, -0.25) is 4.79 Å². The second-order valence-corrected chi connectivity index (χ2v) is 6.56. The molecule has 0 fully saturated rings. The Morgan fingerprint density at radius 1 is 1.19 bits per heavy atom. The second-order valence-electron chi connectivity index (χ2n) is 5.64. The van der Waals surface area contributed by atoms with Gasteiger partial charge in [0, 0.05) is 24.4 Å². The number of carbonyl (C=O) groups is 1. The smallest absolute Gasteiger partial charge is 0.255 e. The van der Waals surface area contributed by atoms with Crippen LogP contribution in [0.2, 0.25) is 0 Å². The Balaban J connectivity index is 1.60. The first-order valence-electron chi connectivity index (χ1n) is 8.07. The quantitative estimate of drug-likeness (QED) is 0.709. The van der Waals surface area contributed by atoms with Gasteiger partial charge in [-0.1, -0.05) is 0 Å². The zero-order chi connectivity index (χ0) is 17.9. The molecule has 0 saturated carbocycles. The number of nitrogens with zero attached hydrogens (tertiary/aromatic N) is 3. The number of rotatable bonds is 3. The Hall–Kier alpha value is -2.87. The van der Waals surface area contributed by atoms with Gasteiger partial charge in [0.05, 0.1) is 29.6 Å². The normalized spacial score (nSPS) is 13.1. The lowest BCUT2D eigenvalue weighted by Crippen LogP contribution is -2.15. The molecule has 1 aliphatic heterocycles. The molecule has 1 amide bonds. The fourth-order valence-corrected chi connectivity index (χ4v) is 2.88. The van der Waals surface area contributed by atoms with Crippen molar-refractivity contribution < 1.29 is 14.3 Å². The average molecular weight is 415 g/mol. The van der Waals surface area contributed by atoms with Crippen molar-refractivity contribution >= 4 is 27.5 Å². The SMILES string of the molecule is O=C(Nc1cccnc1-n1cc(Br)cn1)c1ccc2c(c1)OCCCO2. The van der Waals surface area contributed by atoms with Crippen LogP contribution in [0.1, 0.15) is 16.8 Å². The van der Waals surface area contributed by atoms with Gasteiger partial charge in [0.15, 0.2) is 17.3 Å². The minimum atomic E-state index is -0.263. The van der Waals surface area contributed by atoms with Crippen LogP contribution in [-0.2, 0) is 0 Å². The lowest BCUT2D eigenvalue weighted by Gasteiger charge is -2.12. The van der Waals surface area contributed by atoms with E-state index in [1.165, 1.54) is 0 Å². The highest BCUT2D eigenvalue weighted by Crippen LogP contribution is 2.31. The maximum atomic E-state index is 12.7. The third-order valence-electron chi connectivity index (χ3n) is 3.81. The van der Waals surface area contributed by atoms with Crippen LogP contribution < -0.4 is 14.8 Å². The largest absolute Gasteiger partial charge is 0.490 e. The van der Waals surface area contributed by atoms with Gasteiger partial charge in [-0.2, -0.15) is 5.10 Å². The van der Waals surface area contributed by atoms with Crippen molar-refractivity contribution in [2.45, 2.75) is 6.42 Å². The van der Waals surface area contributed by atoms with Crippen LogP contribution in [0.25, 0.3) is 5.82 Å². The van der Waals surface area contributed by atoms with E-state index in [9.17, 15) is 4.79 Å². The maximum Gasteiger partial charge on any atom is 0.255 e. The first kappa shape index (κ1) is 16.6. The first-order chi connectivity index (χ1) is 12.7. The number of carbonyl (C=O) groups excluding carboxylic acids is 1. The van der Waals surface area contributed by atoms with Crippen LogP contribution in [0.5, 0.6) is 11.5 Å². The molecular weight excluding hydrogens is 400 g/mol. The van der Waals surface area contributed by atoms with Crippen LogP contribution in [0.15, 0.2) is 53.4 Å². The lowest BCUT2D eigenvalue weighted by atomic mass is 10.2. The van der Waals surface area contributed by atoms with E-state index >= 15 is 0 Å². The number of halogens is 1. The van der Waals surface area contributed by atoms with Crippen molar-refractivity contribution in [3.8, 4) is 17.3 Å². The summed E-state index contributed by atoms with van der Waals surface area (Å²) in [4.78, 5) is 17.0. The Bertz CT molecular complexity index is 957. The Morgan fingerprint density at radius 3 is 2.85 bits per heavy atom. The summed E-state index contributed by atoms with van der Waals surface area (Å²) < 4.78 is 13.7. The van der Waals surface area contributed by atoms with Crippen molar-refractivity contribution in [3.63, 3.8) is 0 Å². The van der Waals surface area contributed by atoms with E-state index in [1.807, 2.05) is 0 Å². The van der Waals surface area contributed by atoms with Gasteiger partial charge in [-0.15, -0.1) is 0 Å². The molecule has 7 nitrogen and oxygen atoms in total. The topological polar surface area (TPSA) is 78.3 Å². The number of aromatic nitrogens is 3. The molecule has 1 aromatic carbocycles. The van der Waals surface area contributed by atoms with Crippen LogP contribution in [-0.4, -0.2) is 33.9 Å². The van der Waals surface area contributed by atoms with Crippen molar-refractivity contribution in [3.05, 3.63) is 59.0 Å². The summed E-state index contributed by atoms with van der Waals surface area (Å²) in [6, 6.07) is 8.69. The molecule has 3 heterocycles. The highest BCUT2D eigenvalue weighted by molar-refractivity contribution is 9.10. The molecule has 0 atom stereocenters. The molecule has 0 aliphatic carbocycles. The van der Waals surface area contributed by atoms with Gasteiger partial charge in [0.1, 0.15) is 0 Å². The van der Waals surface area contributed by atoms with Crippen molar-refractivity contribution in [2.24, 2.45) is 0 Å². The molecule has 26 heavy (non-hydrogen) atoms. The second kappa shape index (κ2) is 7.17. The molecule has 0 spiro atoms. The van der Waals surface area contributed by atoms with E-state index in [0.29, 0.717) is 41.8 Å². The lowest BCUT2D eigenvalue weighted by molar-refractivity contribution is 0.102. The zero-order valence-electron chi connectivity index (χ0n) is 13.7. The highest BCUT2D eigenvalue weighted by atomic mass is 79.9. The molecule has 8 heteroatoms. The molecule has 2 aromatic heterocycles. The van der Waals surface area contributed by atoms with Crippen molar-refractivity contribution in [1.29, 1.82) is 0 Å². The third-order valence-corrected chi connectivity index (χ3v) is 4.22. The molecule has 1 N–H and O–H groups in total. The minimum Gasteiger partial charge on any atom is -0.490 e. The van der Waals surface area contributed by atoms with E-state index in [4.69, 9.17) is 9.47 Å². The summed E-state index contributed by atoms with van der Waals surface area (Å²) in [5.41, 5.74) is 1.03.